The van der Waals surface area contributed by atoms with Crippen LogP contribution in [0.3, 0.4) is 0 Å². The maximum Gasteiger partial charge on any atom is 0.432 e. The zero-order chi connectivity index (χ0) is 13.3. The van der Waals surface area contributed by atoms with E-state index in [1.807, 2.05) is 4.98 Å². The van der Waals surface area contributed by atoms with Gasteiger partial charge in [0, 0.05) is 6.07 Å². The number of nitrogens with one attached hydrogen (secondary N) is 1. The lowest BCUT2D eigenvalue weighted by atomic mass is 10.2. The second-order valence-corrected chi connectivity index (χ2v) is 3.42. The standard InChI is InChI=1S/C10H6F3N3O2/c11-10(12,13)8-5-14-9(15-8)6-3-1-2-4-7(6)16(17)18/h1-5H,(H,14,15). The van der Waals surface area contributed by atoms with E-state index in [-0.39, 0.29) is 17.1 Å². The number of hydrogen-bond acceptors (Lipinski definition) is 3. The van der Waals surface area contributed by atoms with Gasteiger partial charge in [0.1, 0.15) is 11.5 Å². The molecule has 0 aliphatic carbocycles. The van der Waals surface area contributed by atoms with Crippen molar-refractivity contribution in [1.29, 1.82) is 0 Å². The van der Waals surface area contributed by atoms with E-state index in [0.717, 1.165) is 0 Å². The predicted molar refractivity (Wildman–Crippen MR) is 55.7 cm³/mol. The molecule has 2 aromatic rings. The summed E-state index contributed by atoms with van der Waals surface area (Å²) in [6, 6.07) is 5.44. The summed E-state index contributed by atoms with van der Waals surface area (Å²) in [5, 5.41) is 10.7. The van der Waals surface area contributed by atoms with Crippen LogP contribution in [-0.2, 0) is 6.18 Å². The molecule has 1 N–H and O–H groups in total. The average molecular weight is 257 g/mol. The molecule has 1 aromatic heterocycles. The molecule has 94 valence electrons. The average Bonchev–Trinajstić information content (AvgIpc) is 2.77. The van der Waals surface area contributed by atoms with Gasteiger partial charge in [-0.15, -0.1) is 0 Å². The summed E-state index contributed by atoms with van der Waals surface area (Å²) in [5.74, 6) is -0.186. The summed E-state index contributed by atoms with van der Waals surface area (Å²) in [7, 11) is 0. The number of nitrogens with zero attached hydrogens (tertiary/aromatic N) is 2. The van der Waals surface area contributed by atoms with Crippen LogP contribution in [0.15, 0.2) is 30.5 Å². The number of imidazole rings is 1. The van der Waals surface area contributed by atoms with Crippen molar-refractivity contribution < 1.29 is 18.1 Å². The van der Waals surface area contributed by atoms with Gasteiger partial charge in [-0.1, -0.05) is 12.1 Å². The van der Waals surface area contributed by atoms with Gasteiger partial charge in [-0.3, -0.25) is 10.1 Å². The fourth-order valence-corrected chi connectivity index (χ4v) is 1.44. The Bertz CT molecular complexity index is 592. The number of nitro groups is 1. The predicted octanol–water partition coefficient (Wildman–Crippen LogP) is 3.00. The Labute approximate surface area is 98.4 Å². The van der Waals surface area contributed by atoms with E-state index in [2.05, 4.69) is 4.98 Å². The van der Waals surface area contributed by atoms with E-state index in [1.165, 1.54) is 24.3 Å². The molecular weight excluding hydrogens is 251 g/mol. The molecule has 0 aliphatic heterocycles. The third kappa shape index (κ3) is 2.17. The first kappa shape index (κ1) is 12.1. The van der Waals surface area contributed by atoms with Gasteiger partial charge in [0.25, 0.3) is 5.69 Å². The highest BCUT2D eigenvalue weighted by Crippen LogP contribution is 2.32. The van der Waals surface area contributed by atoms with Crippen molar-refractivity contribution in [1.82, 2.24) is 9.97 Å². The molecule has 2 rings (SSSR count). The van der Waals surface area contributed by atoms with E-state index in [0.29, 0.717) is 6.20 Å². The van der Waals surface area contributed by atoms with Gasteiger partial charge in [0.15, 0.2) is 0 Å². The smallest absolute Gasteiger partial charge is 0.334 e. The Kier molecular flexibility index (Phi) is 2.77. The second-order valence-electron chi connectivity index (χ2n) is 3.42. The largest absolute Gasteiger partial charge is 0.432 e. The molecule has 0 amide bonds. The third-order valence-corrected chi connectivity index (χ3v) is 2.24. The SMILES string of the molecule is O=[N+]([O-])c1ccccc1-c1ncc(C(F)(F)F)[nH]1. The fraction of sp³-hybridized carbons (Fsp3) is 0.100. The number of alkyl halides is 3. The van der Waals surface area contributed by atoms with Crippen molar-refractivity contribution in [2.45, 2.75) is 6.18 Å². The van der Waals surface area contributed by atoms with Crippen molar-refractivity contribution >= 4 is 5.69 Å². The first-order valence-electron chi connectivity index (χ1n) is 4.75. The third-order valence-electron chi connectivity index (χ3n) is 2.24. The maximum atomic E-state index is 12.4. The Balaban J connectivity index is 2.50. The minimum atomic E-state index is -4.56. The quantitative estimate of drug-likeness (QED) is 0.664. The maximum absolute atomic E-state index is 12.4. The number of rotatable bonds is 2. The highest BCUT2D eigenvalue weighted by atomic mass is 19.4. The highest BCUT2D eigenvalue weighted by Gasteiger charge is 2.33. The van der Waals surface area contributed by atoms with Crippen LogP contribution in [0.25, 0.3) is 11.4 Å². The number of benzene rings is 1. The molecule has 1 aromatic carbocycles. The number of nitro benzene ring substituents is 1. The van der Waals surface area contributed by atoms with E-state index in [1.54, 1.807) is 0 Å². The molecule has 8 heteroatoms. The molecule has 0 saturated heterocycles. The van der Waals surface area contributed by atoms with E-state index < -0.39 is 16.8 Å². The molecule has 0 unspecified atom stereocenters. The molecule has 0 fully saturated rings. The Morgan fingerprint density at radius 2 is 1.94 bits per heavy atom. The lowest BCUT2D eigenvalue weighted by Gasteiger charge is -2.02. The van der Waals surface area contributed by atoms with Gasteiger partial charge in [-0.2, -0.15) is 13.2 Å². The summed E-state index contributed by atoms with van der Waals surface area (Å²) in [6.07, 6.45) is -3.96. The number of aromatic nitrogens is 2. The topological polar surface area (TPSA) is 71.8 Å². The van der Waals surface area contributed by atoms with Crippen molar-refractivity contribution in [2.75, 3.05) is 0 Å². The summed E-state index contributed by atoms with van der Waals surface area (Å²) in [4.78, 5) is 15.6. The highest BCUT2D eigenvalue weighted by molar-refractivity contribution is 5.67. The number of H-pyrrole nitrogens is 1. The molecule has 0 radical (unpaired) electrons. The number of halogens is 3. The summed E-state index contributed by atoms with van der Waals surface area (Å²) < 4.78 is 37.1. The molecule has 18 heavy (non-hydrogen) atoms. The van der Waals surface area contributed by atoms with Crippen LogP contribution in [-0.4, -0.2) is 14.9 Å². The van der Waals surface area contributed by atoms with Gasteiger partial charge in [-0.25, -0.2) is 4.98 Å². The lowest BCUT2D eigenvalue weighted by Crippen LogP contribution is -2.04. The summed E-state index contributed by atoms with van der Waals surface area (Å²) >= 11 is 0. The van der Waals surface area contributed by atoms with Gasteiger partial charge in [0.05, 0.1) is 16.7 Å². The van der Waals surface area contributed by atoms with Crippen molar-refractivity contribution in [3.8, 4) is 11.4 Å². The zero-order valence-corrected chi connectivity index (χ0v) is 8.73. The van der Waals surface area contributed by atoms with Crippen molar-refractivity contribution in [2.24, 2.45) is 0 Å². The molecule has 0 spiro atoms. The minimum Gasteiger partial charge on any atom is -0.334 e. The fourth-order valence-electron chi connectivity index (χ4n) is 1.44. The number of aromatic amines is 1. The lowest BCUT2D eigenvalue weighted by molar-refractivity contribution is -0.384. The first-order valence-corrected chi connectivity index (χ1v) is 4.75. The van der Waals surface area contributed by atoms with Crippen LogP contribution in [0, 0.1) is 10.1 Å². The van der Waals surface area contributed by atoms with E-state index in [4.69, 9.17) is 0 Å². The number of para-hydroxylation sites is 1. The molecule has 0 saturated carbocycles. The van der Waals surface area contributed by atoms with Crippen molar-refractivity contribution in [3.63, 3.8) is 0 Å². The second kappa shape index (κ2) is 4.13. The molecule has 1 heterocycles. The number of hydrogen-bond donors (Lipinski definition) is 1. The Hall–Kier alpha value is -2.38. The minimum absolute atomic E-state index is 0.0120. The van der Waals surface area contributed by atoms with Gasteiger partial charge >= 0.3 is 6.18 Å². The van der Waals surface area contributed by atoms with Gasteiger partial charge < -0.3 is 4.98 Å². The monoisotopic (exact) mass is 257 g/mol. The van der Waals surface area contributed by atoms with Crippen LogP contribution in [0.5, 0.6) is 0 Å². The van der Waals surface area contributed by atoms with Crippen LogP contribution >= 0.6 is 0 Å². The van der Waals surface area contributed by atoms with Crippen LogP contribution in [0.2, 0.25) is 0 Å². The zero-order valence-electron chi connectivity index (χ0n) is 8.73. The summed E-state index contributed by atoms with van der Waals surface area (Å²) in [6.45, 7) is 0. The Morgan fingerprint density at radius 1 is 1.28 bits per heavy atom. The molecule has 5 nitrogen and oxygen atoms in total. The van der Waals surface area contributed by atoms with Crippen LogP contribution in [0.4, 0.5) is 18.9 Å². The van der Waals surface area contributed by atoms with Crippen LogP contribution < -0.4 is 0 Å². The van der Waals surface area contributed by atoms with E-state index in [9.17, 15) is 23.3 Å². The van der Waals surface area contributed by atoms with Gasteiger partial charge in [0.2, 0.25) is 0 Å². The first-order chi connectivity index (χ1) is 8.39. The molecule has 0 bridgehead atoms. The Morgan fingerprint density at radius 3 is 2.50 bits per heavy atom. The van der Waals surface area contributed by atoms with Gasteiger partial charge in [-0.05, 0) is 6.07 Å². The normalized spacial score (nSPS) is 11.5. The molecular formula is C10H6F3N3O2. The molecule has 0 atom stereocenters. The summed E-state index contributed by atoms with van der Waals surface area (Å²) in [5.41, 5.74) is -1.34. The van der Waals surface area contributed by atoms with Crippen LogP contribution in [0.1, 0.15) is 5.69 Å². The van der Waals surface area contributed by atoms with Crippen molar-refractivity contribution in [3.05, 3.63) is 46.3 Å². The molecule has 0 aliphatic rings. The van der Waals surface area contributed by atoms with E-state index >= 15 is 0 Å².